The molecule has 2 atom stereocenters. The molecule has 0 aromatic carbocycles. The Kier molecular flexibility index (Phi) is 3.77. The number of H-pyrrole nitrogens is 1. The minimum absolute atomic E-state index is 0.00594. The summed E-state index contributed by atoms with van der Waals surface area (Å²) in [5, 5.41) is 12.1. The van der Waals surface area contributed by atoms with Crippen LogP contribution in [0.2, 0.25) is 0 Å². The molecule has 0 radical (unpaired) electrons. The molecule has 2 unspecified atom stereocenters. The Labute approximate surface area is 128 Å². The van der Waals surface area contributed by atoms with Crippen LogP contribution in [0.4, 0.5) is 13.2 Å². The summed E-state index contributed by atoms with van der Waals surface area (Å²) in [5.74, 6) is 0.00594. The van der Waals surface area contributed by atoms with Gasteiger partial charge < -0.3 is 10.7 Å². The number of carbonyl (C=O) groups is 1. The second kappa shape index (κ2) is 5.75. The Balaban J connectivity index is 1.88. The van der Waals surface area contributed by atoms with Crippen molar-refractivity contribution in [3.63, 3.8) is 0 Å². The van der Waals surface area contributed by atoms with Crippen LogP contribution >= 0.6 is 0 Å². The second-order valence-corrected chi connectivity index (χ2v) is 4.99. The quantitative estimate of drug-likeness (QED) is 0.580. The first-order valence-electron chi connectivity index (χ1n) is 6.71. The van der Waals surface area contributed by atoms with Crippen molar-refractivity contribution in [3.8, 4) is 0 Å². The molecule has 1 aliphatic heterocycles. The first kappa shape index (κ1) is 15.1. The van der Waals surface area contributed by atoms with Gasteiger partial charge >= 0.3 is 6.18 Å². The highest BCUT2D eigenvalue weighted by Gasteiger charge is 2.36. The van der Waals surface area contributed by atoms with Crippen molar-refractivity contribution in [2.24, 2.45) is 11.0 Å². The van der Waals surface area contributed by atoms with E-state index < -0.39 is 11.9 Å². The topological polar surface area (TPSA) is 82.2 Å². The van der Waals surface area contributed by atoms with Crippen molar-refractivity contribution in [2.75, 3.05) is 0 Å². The molecule has 6 nitrogen and oxygen atoms in total. The van der Waals surface area contributed by atoms with Crippen molar-refractivity contribution < 1.29 is 18.0 Å². The summed E-state index contributed by atoms with van der Waals surface area (Å²) in [5.41, 5.74) is 2.24. The number of carbonyl (C=O) groups excluding carboxylic acids is 1. The van der Waals surface area contributed by atoms with Gasteiger partial charge in [0.2, 0.25) is 0 Å². The van der Waals surface area contributed by atoms with Gasteiger partial charge in [0, 0.05) is 29.5 Å². The van der Waals surface area contributed by atoms with Crippen LogP contribution in [0.15, 0.2) is 41.3 Å². The number of hydrogen-bond donors (Lipinski definition) is 3. The lowest BCUT2D eigenvalue weighted by Gasteiger charge is -2.19. The molecule has 1 aliphatic carbocycles. The number of alkyl halides is 3. The van der Waals surface area contributed by atoms with E-state index in [1.54, 1.807) is 12.3 Å². The highest BCUT2D eigenvalue weighted by atomic mass is 19.4. The Hall–Kier alpha value is -2.84. The molecule has 0 bridgehead atoms. The maximum atomic E-state index is 13.0. The summed E-state index contributed by atoms with van der Waals surface area (Å²) in [6, 6.07) is 0.0405. The third-order valence-electron chi connectivity index (χ3n) is 3.47. The summed E-state index contributed by atoms with van der Waals surface area (Å²) < 4.78 is 38.9. The Bertz CT molecular complexity index is 729. The molecule has 0 amide bonds. The molecule has 0 saturated carbocycles. The number of halogens is 3. The smallest absolute Gasteiger partial charge is 0.355 e. The Morgan fingerprint density at radius 1 is 1.39 bits per heavy atom. The summed E-state index contributed by atoms with van der Waals surface area (Å²) >= 11 is 0. The number of fused-ring (bicyclic) bond motifs is 1. The average Bonchev–Trinajstić information content (AvgIpc) is 3.14. The lowest BCUT2D eigenvalue weighted by atomic mass is 9.96. The van der Waals surface area contributed by atoms with Crippen LogP contribution in [0, 0.1) is 5.92 Å². The molecule has 0 saturated heterocycles. The predicted octanol–water partition coefficient (Wildman–Crippen LogP) is 1.59. The van der Waals surface area contributed by atoms with Gasteiger partial charge in [0.1, 0.15) is 12.0 Å². The SMILES string of the molecule is O=CC=C(NC1=CC2C=NNC2C=C1)c1cn[nH]c1C(F)(F)F. The molecule has 23 heavy (non-hydrogen) atoms. The van der Waals surface area contributed by atoms with Crippen molar-refractivity contribution in [1.29, 1.82) is 0 Å². The molecular weight excluding hydrogens is 311 g/mol. The number of hydrazone groups is 1. The van der Waals surface area contributed by atoms with E-state index in [2.05, 4.69) is 20.9 Å². The molecule has 0 fully saturated rings. The molecule has 1 aromatic heterocycles. The van der Waals surface area contributed by atoms with Gasteiger partial charge in [0.05, 0.1) is 17.9 Å². The summed E-state index contributed by atoms with van der Waals surface area (Å²) in [4.78, 5) is 10.8. The molecule has 120 valence electrons. The largest absolute Gasteiger partial charge is 0.433 e. The third-order valence-corrected chi connectivity index (χ3v) is 3.47. The number of nitrogens with one attached hydrogen (secondary N) is 3. The van der Waals surface area contributed by atoms with E-state index in [4.69, 9.17) is 0 Å². The first-order valence-corrected chi connectivity index (χ1v) is 6.71. The van der Waals surface area contributed by atoms with Gasteiger partial charge in [-0.15, -0.1) is 0 Å². The molecule has 1 aromatic rings. The van der Waals surface area contributed by atoms with Gasteiger partial charge in [0.25, 0.3) is 0 Å². The zero-order chi connectivity index (χ0) is 16.4. The van der Waals surface area contributed by atoms with Gasteiger partial charge in [-0.05, 0) is 12.2 Å². The lowest BCUT2D eigenvalue weighted by Crippen LogP contribution is -2.28. The molecule has 3 rings (SSSR count). The van der Waals surface area contributed by atoms with Crippen molar-refractivity contribution >= 4 is 18.2 Å². The van der Waals surface area contributed by atoms with Crippen molar-refractivity contribution in [1.82, 2.24) is 20.9 Å². The van der Waals surface area contributed by atoms with E-state index in [0.717, 1.165) is 12.3 Å². The van der Waals surface area contributed by atoms with E-state index >= 15 is 0 Å². The maximum absolute atomic E-state index is 13.0. The number of aromatic amines is 1. The fourth-order valence-electron chi connectivity index (χ4n) is 2.39. The Morgan fingerprint density at radius 2 is 2.22 bits per heavy atom. The molecule has 3 N–H and O–H groups in total. The first-order chi connectivity index (χ1) is 11.0. The second-order valence-electron chi connectivity index (χ2n) is 4.99. The van der Waals surface area contributed by atoms with Gasteiger partial charge in [0.15, 0.2) is 0 Å². The van der Waals surface area contributed by atoms with Crippen LogP contribution in [0.3, 0.4) is 0 Å². The fourth-order valence-corrected chi connectivity index (χ4v) is 2.39. The number of hydrogen-bond acceptors (Lipinski definition) is 5. The Morgan fingerprint density at radius 3 is 2.96 bits per heavy atom. The van der Waals surface area contributed by atoms with Gasteiger partial charge in [-0.25, -0.2) is 0 Å². The molecule has 2 heterocycles. The highest BCUT2D eigenvalue weighted by Crippen LogP contribution is 2.33. The van der Waals surface area contributed by atoms with Crippen LogP contribution in [-0.4, -0.2) is 28.7 Å². The lowest BCUT2D eigenvalue weighted by molar-refractivity contribution is -0.141. The van der Waals surface area contributed by atoms with E-state index in [-0.39, 0.29) is 23.2 Å². The minimum atomic E-state index is -4.60. The van der Waals surface area contributed by atoms with Gasteiger partial charge in [-0.3, -0.25) is 9.89 Å². The van der Waals surface area contributed by atoms with Crippen LogP contribution in [-0.2, 0) is 11.0 Å². The van der Waals surface area contributed by atoms with Crippen LogP contribution in [0.25, 0.3) is 5.70 Å². The fraction of sp³-hybridized carbons (Fsp3) is 0.214. The molecule has 0 spiro atoms. The number of rotatable bonds is 4. The highest BCUT2D eigenvalue weighted by molar-refractivity contribution is 5.82. The van der Waals surface area contributed by atoms with E-state index in [9.17, 15) is 18.0 Å². The van der Waals surface area contributed by atoms with Crippen LogP contribution in [0.5, 0.6) is 0 Å². The summed E-state index contributed by atoms with van der Waals surface area (Å²) in [7, 11) is 0. The van der Waals surface area contributed by atoms with Crippen LogP contribution < -0.4 is 10.7 Å². The van der Waals surface area contributed by atoms with E-state index in [1.807, 2.05) is 17.3 Å². The third kappa shape index (κ3) is 3.03. The molecule has 2 aliphatic rings. The predicted molar refractivity (Wildman–Crippen MR) is 76.9 cm³/mol. The maximum Gasteiger partial charge on any atom is 0.433 e. The number of nitrogens with zero attached hydrogens (tertiary/aromatic N) is 2. The standard InChI is InChI=1S/C14H12F3N5O/c15-14(16,17)13-10(7-19-22-13)12(3-4-23)20-9-1-2-11-8(5-9)6-18-21-11/h1-8,11,20-21H,(H,19,22). The molecule has 9 heteroatoms. The van der Waals surface area contributed by atoms with Crippen LogP contribution in [0.1, 0.15) is 11.3 Å². The number of allylic oxidation sites excluding steroid dienone is 2. The average molecular weight is 323 g/mol. The molecular formula is C14H12F3N5O. The zero-order valence-corrected chi connectivity index (χ0v) is 11.6. The number of aldehydes is 1. The van der Waals surface area contributed by atoms with Crippen molar-refractivity contribution in [3.05, 3.63) is 47.5 Å². The van der Waals surface area contributed by atoms with E-state index in [0.29, 0.717) is 12.0 Å². The summed E-state index contributed by atoms with van der Waals surface area (Å²) in [6.07, 6.45) is 4.97. The van der Waals surface area contributed by atoms with E-state index in [1.165, 1.54) is 0 Å². The zero-order valence-electron chi connectivity index (χ0n) is 11.6. The minimum Gasteiger partial charge on any atom is -0.355 e. The van der Waals surface area contributed by atoms with Gasteiger partial charge in [-0.1, -0.05) is 6.08 Å². The summed E-state index contributed by atoms with van der Waals surface area (Å²) in [6.45, 7) is 0. The normalized spacial score (nSPS) is 23.3. The van der Waals surface area contributed by atoms with Crippen molar-refractivity contribution in [2.45, 2.75) is 12.2 Å². The monoisotopic (exact) mass is 323 g/mol. The number of aromatic nitrogens is 2. The van der Waals surface area contributed by atoms with Gasteiger partial charge in [-0.2, -0.15) is 23.4 Å².